The van der Waals surface area contributed by atoms with Crippen LogP contribution in [0.2, 0.25) is 0 Å². The van der Waals surface area contributed by atoms with E-state index in [1.54, 1.807) is 12.3 Å². The van der Waals surface area contributed by atoms with Crippen LogP contribution in [0.15, 0.2) is 35.1 Å². The van der Waals surface area contributed by atoms with Crippen molar-refractivity contribution < 1.29 is 9.21 Å². The number of piperidine rings is 1. The Morgan fingerprint density at radius 1 is 1.52 bits per heavy atom. The summed E-state index contributed by atoms with van der Waals surface area (Å²) in [6.07, 6.45) is 5.77. The molecule has 1 aliphatic heterocycles. The highest BCUT2D eigenvalue weighted by atomic mass is 35.5. The van der Waals surface area contributed by atoms with Gasteiger partial charge >= 0.3 is 0 Å². The first-order valence-electron chi connectivity index (χ1n) is 8.39. The standard InChI is InChI=1S/C17H25N5O2.ClH/c1-21(2)15(16-6-4-10-24-16)12-19-17(23)14-7-9-22(20-14)13-5-3-8-18-11-13;/h4,6-7,9-10,13,15,18H,3,5,8,11-12H2,1-2H3,(H,19,23);1H. The molecule has 1 aliphatic rings. The highest BCUT2D eigenvalue weighted by Gasteiger charge is 2.20. The van der Waals surface area contributed by atoms with Gasteiger partial charge in [-0.05, 0) is 51.7 Å². The van der Waals surface area contributed by atoms with Crippen LogP contribution in [0.1, 0.15) is 41.2 Å². The van der Waals surface area contributed by atoms with Crippen molar-refractivity contribution in [3.63, 3.8) is 0 Å². The third-order valence-corrected chi connectivity index (χ3v) is 4.44. The largest absolute Gasteiger partial charge is 0.468 e. The molecule has 25 heavy (non-hydrogen) atoms. The molecule has 3 rings (SSSR count). The van der Waals surface area contributed by atoms with Gasteiger partial charge in [0.05, 0.1) is 18.3 Å². The van der Waals surface area contributed by atoms with Gasteiger partial charge in [-0.1, -0.05) is 0 Å². The van der Waals surface area contributed by atoms with Gasteiger partial charge in [0.1, 0.15) is 11.5 Å². The second-order valence-corrected chi connectivity index (χ2v) is 6.39. The van der Waals surface area contributed by atoms with Crippen LogP contribution in [0.5, 0.6) is 0 Å². The smallest absolute Gasteiger partial charge is 0.271 e. The monoisotopic (exact) mass is 367 g/mol. The molecule has 0 saturated carbocycles. The van der Waals surface area contributed by atoms with Crippen molar-refractivity contribution in [2.45, 2.75) is 24.9 Å². The average Bonchev–Trinajstić information content (AvgIpc) is 3.27. The van der Waals surface area contributed by atoms with Gasteiger partial charge in [-0.3, -0.25) is 14.4 Å². The second-order valence-electron chi connectivity index (χ2n) is 6.39. The molecule has 7 nitrogen and oxygen atoms in total. The minimum absolute atomic E-state index is 0. The number of furan rings is 1. The van der Waals surface area contributed by atoms with Crippen molar-refractivity contribution in [3.05, 3.63) is 42.1 Å². The normalized spacial score (nSPS) is 18.6. The van der Waals surface area contributed by atoms with Crippen LogP contribution in [-0.2, 0) is 0 Å². The van der Waals surface area contributed by atoms with E-state index in [1.807, 2.05) is 42.0 Å². The number of hydrogen-bond acceptors (Lipinski definition) is 5. The molecule has 0 aliphatic carbocycles. The van der Waals surface area contributed by atoms with Crippen LogP contribution in [0.3, 0.4) is 0 Å². The van der Waals surface area contributed by atoms with E-state index in [2.05, 4.69) is 15.7 Å². The molecular weight excluding hydrogens is 342 g/mol. The fourth-order valence-electron chi connectivity index (χ4n) is 3.02. The number of nitrogens with one attached hydrogen (secondary N) is 2. The Bertz CT molecular complexity index is 650. The predicted molar refractivity (Wildman–Crippen MR) is 98.1 cm³/mol. The van der Waals surface area contributed by atoms with Crippen molar-refractivity contribution in [3.8, 4) is 0 Å². The van der Waals surface area contributed by atoms with Crippen LogP contribution < -0.4 is 10.6 Å². The third kappa shape index (κ3) is 4.84. The SMILES string of the molecule is CN(C)C(CNC(=O)c1ccn(C2CCCNC2)n1)c1ccco1.Cl. The number of carbonyl (C=O) groups excluding carboxylic acids is 1. The average molecular weight is 368 g/mol. The van der Waals surface area contributed by atoms with E-state index >= 15 is 0 Å². The lowest BCUT2D eigenvalue weighted by atomic mass is 10.1. The number of aromatic nitrogens is 2. The summed E-state index contributed by atoms with van der Waals surface area (Å²) in [5, 5.41) is 10.8. The molecule has 138 valence electrons. The van der Waals surface area contributed by atoms with E-state index in [0.717, 1.165) is 31.7 Å². The molecule has 2 aromatic heterocycles. The highest BCUT2D eigenvalue weighted by Crippen LogP contribution is 2.18. The number of likely N-dealkylation sites (N-methyl/N-ethyl adjacent to an activating group) is 1. The summed E-state index contributed by atoms with van der Waals surface area (Å²) in [7, 11) is 3.92. The molecule has 2 aromatic rings. The fourth-order valence-corrected chi connectivity index (χ4v) is 3.02. The van der Waals surface area contributed by atoms with Gasteiger partial charge in [0, 0.05) is 19.3 Å². The van der Waals surface area contributed by atoms with Crippen molar-refractivity contribution in [1.82, 2.24) is 25.3 Å². The maximum absolute atomic E-state index is 12.4. The van der Waals surface area contributed by atoms with Crippen molar-refractivity contribution in [2.75, 3.05) is 33.7 Å². The molecular formula is C17H26ClN5O2. The second kappa shape index (κ2) is 9.03. The van der Waals surface area contributed by atoms with E-state index in [1.165, 1.54) is 0 Å². The zero-order valence-corrected chi connectivity index (χ0v) is 15.5. The first kappa shape index (κ1) is 19.5. The highest BCUT2D eigenvalue weighted by molar-refractivity contribution is 5.92. The van der Waals surface area contributed by atoms with Gasteiger partial charge in [-0.25, -0.2) is 0 Å². The number of halogens is 1. The summed E-state index contributed by atoms with van der Waals surface area (Å²) in [5.74, 6) is 0.676. The summed E-state index contributed by atoms with van der Waals surface area (Å²) in [6.45, 7) is 2.44. The van der Waals surface area contributed by atoms with Crippen molar-refractivity contribution in [2.24, 2.45) is 0 Å². The molecule has 1 amide bonds. The minimum atomic E-state index is -0.157. The number of carbonyl (C=O) groups is 1. The molecule has 8 heteroatoms. The van der Waals surface area contributed by atoms with Gasteiger partial charge in [-0.15, -0.1) is 12.4 Å². The van der Waals surface area contributed by atoms with Gasteiger partial charge in [-0.2, -0.15) is 5.10 Å². The van der Waals surface area contributed by atoms with Gasteiger partial charge in [0.25, 0.3) is 5.91 Å². The number of nitrogens with zero attached hydrogens (tertiary/aromatic N) is 3. The van der Waals surface area contributed by atoms with Crippen LogP contribution >= 0.6 is 12.4 Å². The molecule has 0 spiro atoms. The van der Waals surface area contributed by atoms with E-state index in [4.69, 9.17) is 4.42 Å². The maximum Gasteiger partial charge on any atom is 0.271 e. The Kier molecular flexibility index (Phi) is 7.04. The maximum atomic E-state index is 12.4. The Balaban J connectivity index is 0.00000225. The van der Waals surface area contributed by atoms with E-state index in [0.29, 0.717) is 18.3 Å². The van der Waals surface area contributed by atoms with Crippen LogP contribution in [-0.4, -0.2) is 54.3 Å². The third-order valence-electron chi connectivity index (χ3n) is 4.44. The van der Waals surface area contributed by atoms with Gasteiger partial charge in [0.2, 0.25) is 0 Å². The van der Waals surface area contributed by atoms with Crippen molar-refractivity contribution in [1.29, 1.82) is 0 Å². The first-order chi connectivity index (χ1) is 11.6. The summed E-state index contributed by atoms with van der Waals surface area (Å²) in [5.41, 5.74) is 0.456. The number of rotatable bonds is 6. The molecule has 1 fully saturated rings. The molecule has 0 radical (unpaired) electrons. The number of amides is 1. The lowest BCUT2D eigenvalue weighted by Gasteiger charge is -2.23. The molecule has 2 atom stereocenters. The topological polar surface area (TPSA) is 75.3 Å². The summed E-state index contributed by atoms with van der Waals surface area (Å²) >= 11 is 0. The Morgan fingerprint density at radius 2 is 2.36 bits per heavy atom. The number of hydrogen-bond donors (Lipinski definition) is 2. The van der Waals surface area contributed by atoms with Gasteiger partial charge < -0.3 is 15.1 Å². The van der Waals surface area contributed by atoms with E-state index in [-0.39, 0.29) is 24.4 Å². The molecule has 2 N–H and O–H groups in total. The summed E-state index contributed by atoms with van der Waals surface area (Å²) in [4.78, 5) is 14.4. The Hall–Kier alpha value is -1.83. The molecule has 0 aromatic carbocycles. The molecule has 1 saturated heterocycles. The lowest BCUT2D eigenvalue weighted by molar-refractivity contribution is 0.0932. The molecule has 0 bridgehead atoms. The Morgan fingerprint density at radius 3 is 3.00 bits per heavy atom. The van der Waals surface area contributed by atoms with Crippen LogP contribution in [0, 0.1) is 0 Å². The van der Waals surface area contributed by atoms with Crippen LogP contribution in [0.4, 0.5) is 0 Å². The zero-order chi connectivity index (χ0) is 16.9. The summed E-state index contributed by atoms with van der Waals surface area (Å²) in [6, 6.07) is 5.88. The van der Waals surface area contributed by atoms with E-state index in [9.17, 15) is 4.79 Å². The van der Waals surface area contributed by atoms with Crippen molar-refractivity contribution >= 4 is 18.3 Å². The predicted octanol–water partition coefficient (Wildman–Crippen LogP) is 1.86. The molecule has 3 heterocycles. The zero-order valence-electron chi connectivity index (χ0n) is 14.6. The quantitative estimate of drug-likeness (QED) is 0.815. The van der Waals surface area contributed by atoms with E-state index < -0.39 is 0 Å². The fraction of sp³-hybridized carbons (Fsp3) is 0.529. The van der Waals surface area contributed by atoms with Crippen LogP contribution in [0.25, 0.3) is 0 Å². The first-order valence-corrected chi connectivity index (χ1v) is 8.39. The Labute approximate surface area is 154 Å². The van der Waals surface area contributed by atoms with Gasteiger partial charge in [0.15, 0.2) is 0 Å². The molecule has 2 unspecified atom stereocenters. The lowest BCUT2D eigenvalue weighted by Crippen LogP contribution is -2.35. The summed E-state index contributed by atoms with van der Waals surface area (Å²) < 4.78 is 7.36. The minimum Gasteiger partial charge on any atom is -0.468 e.